The van der Waals surface area contributed by atoms with Gasteiger partial charge < -0.3 is 14.0 Å². The van der Waals surface area contributed by atoms with Gasteiger partial charge in [-0.3, -0.25) is 0 Å². The second-order valence-corrected chi connectivity index (χ2v) is 7.27. The zero-order chi connectivity index (χ0) is 17.7. The van der Waals surface area contributed by atoms with Crippen molar-refractivity contribution in [3.8, 4) is 5.75 Å². The van der Waals surface area contributed by atoms with Crippen molar-refractivity contribution >= 4 is 28.5 Å². The van der Waals surface area contributed by atoms with Crippen LogP contribution in [0.25, 0.3) is 0 Å². The van der Waals surface area contributed by atoms with Gasteiger partial charge in [0.2, 0.25) is 0 Å². The number of hydrogen-bond donors (Lipinski definition) is 0. The Morgan fingerprint density at radius 1 is 1.04 bits per heavy atom. The van der Waals surface area contributed by atoms with Crippen LogP contribution in [0.4, 0.5) is 17.6 Å². The molecule has 0 unspecified atom stereocenters. The van der Waals surface area contributed by atoms with Crippen LogP contribution in [0, 0.1) is 0 Å². The van der Waals surface area contributed by atoms with E-state index in [9.17, 15) is 17.6 Å². The molecule has 0 spiro atoms. The van der Waals surface area contributed by atoms with Gasteiger partial charge in [-0.1, -0.05) is 12.1 Å². The molecule has 0 N–H and O–H groups in total. The number of benzene rings is 1. The van der Waals surface area contributed by atoms with Crippen LogP contribution in [0.3, 0.4) is 0 Å². The van der Waals surface area contributed by atoms with Crippen LogP contribution in [0.15, 0.2) is 24.3 Å². The smallest absolute Gasteiger partial charge is 0.427 e. The Balaban J connectivity index is 2.22. The van der Waals surface area contributed by atoms with Gasteiger partial charge in [0, 0.05) is 15.9 Å². The molecule has 0 saturated carbocycles. The summed E-state index contributed by atoms with van der Waals surface area (Å²) in [7, 11) is -0.804. The molecule has 0 bridgehead atoms. The van der Waals surface area contributed by atoms with Crippen LogP contribution in [0.5, 0.6) is 5.75 Å². The molecule has 0 aromatic heterocycles. The second-order valence-electron chi connectivity index (χ2n) is 6.28. The van der Waals surface area contributed by atoms with Gasteiger partial charge in [-0.25, -0.2) is 0 Å². The van der Waals surface area contributed by atoms with Crippen LogP contribution in [0.2, 0.25) is 0 Å². The minimum absolute atomic E-state index is 0.398. The topological polar surface area (TPSA) is 27.7 Å². The Morgan fingerprint density at radius 2 is 1.57 bits per heavy atom. The molecule has 1 heterocycles. The quantitative estimate of drug-likeness (QED) is 0.436. The standard InChI is InChI=1S/C14H16BBrF4O3/c1-11(2)12(3,4)23-15(22-11)9-6-5-7-10(8-9)21-14(19,20)13(16,17)18/h5-8H,1-4H3. The summed E-state index contributed by atoms with van der Waals surface area (Å²) in [5.74, 6) is -0.415. The molecule has 128 valence electrons. The summed E-state index contributed by atoms with van der Waals surface area (Å²) in [6.45, 7) is 7.36. The molecule has 0 amide bonds. The van der Waals surface area contributed by atoms with E-state index < -0.39 is 35.0 Å². The summed E-state index contributed by atoms with van der Waals surface area (Å²) >= 11 is 1.61. The predicted octanol–water partition coefficient (Wildman–Crippen LogP) is 3.95. The molecule has 0 aliphatic carbocycles. The van der Waals surface area contributed by atoms with Crippen molar-refractivity contribution in [3.63, 3.8) is 0 Å². The lowest BCUT2D eigenvalue weighted by Gasteiger charge is -2.32. The van der Waals surface area contributed by atoms with Crippen molar-refractivity contribution in [1.82, 2.24) is 0 Å². The highest BCUT2D eigenvalue weighted by atomic mass is 79.9. The van der Waals surface area contributed by atoms with Crippen LogP contribution in [-0.2, 0) is 9.31 Å². The molecule has 3 nitrogen and oxygen atoms in total. The van der Waals surface area contributed by atoms with Crippen LogP contribution >= 0.6 is 15.9 Å². The normalized spacial score (nSPS) is 20.7. The third kappa shape index (κ3) is 3.66. The lowest BCUT2D eigenvalue weighted by Crippen LogP contribution is -2.41. The molecule has 1 fully saturated rings. The number of halogens is 5. The van der Waals surface area contributed by atoms with Crippen molar-refractivity contribution in [3.05, 3.63) is 24.3 Å². The van der Waals surface area contributed by atoms with E-state index in [-0.39, 0.29) is 0 Å². The SMILES string of the molecule is CC1(C)OB(c2cccc(OC(F)(F)C(F)(F)Br)c2)OC1(C)C. The van der Waals surface area contributed by atoms with Gasteiger partial charge in [0.15, 0.2) is 0 Å². The molecule has 1 aliphatic heterocycles. The third-order valence-electron chi connectivity index (χ3n) is 3.96. The Labute approximate surface area is 140 Å². The largest absolute Gasteiger partial charge is 0.494 e. The maximum absolute atomic E-state index is 13.3. The Bertz CT molecular complexity index is 574. The first-order chi connectivity index (χ1) is 10.3. The molecule has 1 aromatic carbocycles. The lowest BCUT2D eigenvalue weighted by atomic mass is 9.79. The fourth-order valence-corrected chi connectivity index (χ4v) is 1.99. The van der Waals surface area contributed by atoms with Gasteiger partial charge in [-0.05, 0) is 45.3 Å². The van der Waals surface area contributed by atoms with Gasteiger partial charge in [0.05, 0.1) is 11.2 Å². The second kappa shape index (κ2) is 5.63. The van der Waals surface area contributed by atoms with Crippen LogP contribution in [0.1, 0.15) is 27.7 Å². The molecule has 1 aromatic rings. The summed E-state index contributed by atoms with van der Waals surface area (Å²) < 4.78 is 67.8. The maximum Gasteiger partial charge on any atom is 0.494 e. The molecule has 1 saturated heterocycles. The Kier molecular flexibility index (Phi) is 4.54. The average molecular weight is 399 g/mol. The summed E-state index contributed by atoms with van der Waals surface area (Å²) in [6, 6.07) is 5.33. The fourth-order valence-electron chi connectivity index (χ4n) is 1.91. The average Bonchev–Trinajstić information content (AvgIpc) is 2.57. The van der Waals surface area contributed by atoms with Crippen molar-refractivity contribution < 1.29 is 31.6 Å². The summed E-state index contributed by atoms with van der Waals surface area (Å²) in [5.41, 5.74) is -0.822. The van der Waals surface area contributed by atoms with E-state index in [1.54, 1.807) is 22.0 Å². The van der Waals surface area contributed by atoms with E-state index in [0.717, 1.165) is 6.07 Å². The first-order valence-corrected chi connectivity index (χ1v) is 7.64. The molecule has 0 radical (unpaired) electrons. The molecule has 1 aliphatic rings. The van der Waals surface area contributed by atoms with Crippen molar-refractivity contribution in [1.29, 1.82) is 0 Å². The summed E-state index contributed by atoms with van der Waals surface area (Å²) in [6.07, 6.45) is -4.69. The van der Waals surface area contributed by atoms with E-state index in [1.807, 2.05) is 27.7 Å². The number of alkyl halides is 5. The first kappa shape index (κ1) is 18.5. The molecular formula is C14H16BBrF4O3. The molecule has 0 atom stereocenters. The van der Waals surface area contributed by atoms with E-state index in [4.69, 9.17) is 9.31 Å². The number of rotatable bonds is 4. The first-order valence-electron chi connectivity index (χ1n) is 6.84. The third-order valence-corrected chi connectivity index (χ3v) is 4.42. The van der Waals surface area contributed by atoms with E-state index in [1.165, 1.54) is 12.1 Å². The molecule has 2 rings (SSSR count). The highest BCUT2D eigenvalue weighted by Crippen LogP contribution is 2.41. The molecule has 23 heavy (non-hydrogen) atoms. The Morgan fingerprint density at radius 3 is 2.04 bits per heavy atom. The number of ether oxygens (including phenoxy) is 1. The lowest BCUT2D eigenvalue weighted by molar-refractivity contribution is -0.266. The molecule has 9 heteroatoms. The van der Waals surface area contributed by atoms with Crippen LogP contribution < -0.4 is 10.2 Å². The minimum Gasteiger partial charge on any atom is -0.427 e. The zero-order valence-electron chi connectivity index (χ0n) is 13.0. The van der Waals surface area contributed by atoms with Gasteiger partial charge in [0.25, 0.3) is 0 Å². The highest BCUT2D eigenvalue weighted by molar-refractivity contribution is 9.10. The summed E-state index contributed by atoms with van der Waals surface area (Å²) in [5, 5.41) is 0. The van der Waals surface area contributed by atoms with Crippen molar-refractivity contribution in [2.75, 3.05) is 0 Å². The summed E-state index contributed by atoms with van der Waals surface area (Å²) in [4.78, 5) is -4.49. The van der Waals surface area contributed by atoms with E-state index in [0.29, 0.717) is 5.46 Å². The maximum atomic E-state index is 13.3. The minimum atomic E-state index is -4.69. The van der Waals surface area contributed by atoms with Crippen molar-refractivity contribution in [2.45, 2.75) is 49.8 Å². The van der Waals surface area contributed by atoms with Crippen LogP contribution in [-0.4, -0.2) is 29.3 Å². The van der Waals surface area contributed by atoms with Gasteiger partial charge in [-0.15, -0.1) is 0 Å². The predicted molar refractivity (Wildman–Crippen MR) is 81.6 cm³/mol. The van der Waals surface area contributed by atoms with Gasteiger partial charge in [-0.2, -0.15) is 17.6 Å². The van der Waals surface area contributed by atoms with Gasteiger partial charge >= 0.3 is 18.1 Å². The monoisotopic (exact) mass is 398 g/mol. The van der Waals surface area contributed by atoms with E-state index in [2.05, 4.69) is 4.74 Å². The fraction of sp³-hybridized carbons (Fsp3) is 0.571. The number of hydrogen-bond acceptors (Lipinski definition) is 3. The van der Waals surface area contributed by atoms with E-state index >= 15 is 0 Å². The zero-order valence-corrected chi connectivity index (χ0v) is 14.6. The van der Waals surface area contributed by atoms with Gasteiger partial charge in [0.1, 0.15) is 5.75 Å². The highest BCUT2D eigenvalue weighted by Gasteiger charge is 2.58. The Hall–Kier alpha value is -0.795. The van der Waals surface area contributed by atoms with Crippen molar-refractivity contribution in [2.24, 2.45) is 0 Å². The molecular weight excluding hydrogens is 383 g/mol.